The van der Waals surface area contributed by atoms with Gasteiger partial charge in [0.25, 0.3) is 0 Å². The van der Waals surface area contributed by atoms with E-state index in [9.17, 15) is 4.79 Å². The van der Waals surface area contributed by atoms with Crippen molar-refractivity contribution in [2.45, 2.75) is 13.3 Å². The van der Waals surface area contributed by atoms with Crippen molar-refractivity contribution in [1.29, 1.82) is 0 Å². The van der Waals surface area contributed by atoms with E-state index >= 15 is 0 Å². The first kappa shape index (κ1) is 11.3. The quantitative estimate of drug-likeness (QED) is 0.769. The van der Waals surface area contributed by atoms with Crippen LogP contribution in [-0.2, 0) is 11.2 Å². The molecule has 1 aromatic rings. The second-order valence-electron chi connectivity index (χ2n) is 3.09. The minimum Gasteiger partial charge on any atom is -0.497 e. The minimum atomic E-state index is -0.937. The third-order valence-electron chi connectivity index (χ3n) is 2.14. The van der Waals surface area contributed by atoms with Crippen LogP contribution in [0.15, 0.2) is 24.3 Å². The maximum absolute atomic E-state index is 10.4. The molecule has 1 N–H and O–H groups in total. The van der Waals surface area contributed by atoms with Crippen LogP contribution in [0.3, 0.4) is 0 Å². The van der Waals surface area contributed by atoms with Crippen molar-refractivity contribution in [2.75, 3.05) is 7.11 Å². The normalized spacial score (nSPS) is 10.5. The van der Waals surface area contributed by atoms with Crippen molar-refractivity contribution in [2.24, 2.45) is 0 Å². The molecule has 0 spiro atoms. The Hall–Kier alpha value is -1.77. The van der Waals surface area contributed by atoms with Gasteiger partial charge in [0.15, 0.2) is 0 Å². The number of methoxy groups -OCH3 is 1. The first-order valence-electron chi connectivity index (χ1n) is 4.75. The Balaban J connectivity index is 3.02. The zero-order chi connectivity index (χ0) is 11.3. The van der Waals surface area contributed by atoms with Crippen molar-refractivity contribution >= 4 is 12.0 Å². The van der Waals surface area contributed by atoms with Crippen molar-refractivity contribution < 1.29 is 14.6 Å². The second kappa shape index (κ2) is 5.20. The number of rotatable bonds is 4. The van der Waals surface area contributed by atoms with Crippen LogP contribution in [0.2, 0.25) is 0 Å². The molecule has 0 aliphatic carbocycles. The van der Waals surface area contributed by atoms with Gasteiger partial charge in [0, 0.05) is 6.08 Å². The van der Waals surface area contributed by atoms with E-state index in [1.54, 1.807) is 13.2 Å². The zero-order valence-electron chi connectivity index (χ0n) is 8.86. The van der Waals surface area contributed by atoms with Crippen LogP contribution in [0.25, 0.3) is 6.08 Å². The standard InChI is InChI=1S/C12H14O3/c1-3-9-8-11(15-2)6-4-10(9)5-7-12(13)14/h4-8H,3H2,1-2H3,(H,13,14)/b7-5+. The molecule has 15 heavy (non-hydrogen) atoms. The molecule has 1 aromatic carbocycles. The van der Waals surface area contributed by atoms with Gasteiger partial charge in [-0.2, -0.15) is 0 Å². The van der Waals surface area contributed by atoms with Gasteiger partial charge in [-0.1, -0.05) is 13.0 Å². The lowest BCUT2D eigenvalue weighted by molar-refractivity contribution is -0.131. The molecule has 0 fully saturated rings. The minimum absolute atomic E-state index is 0.791. The highest BCUT2D eigenvalue weighted by Crippen LogP contribution is 2.19. The summed E-state index contributed by atoms with van der Waals surface area (Å²) in [5, 5.41) is 8.53. The molecule has 80 valence electrons. The molecule has 0 unspecified atom stereocenters. The van der Waals surface area contributed by atoms with Crippen molar-refractivity contribution in [1.82, 2.24) is 0 Å². The number of aliphatic carboxylic acids is 1. The summed E-state index contributed by atoms with van der Waals surface area (Å²) < 4.78 is 5.10. The molecule has 0 atom stereocenters. The van der Waals surface area contributed by atoms with E-state index in [1.807, 2.05) is 25.1 Å². The van der Waals surface area contributed by atoms with Crippen molar-refractivity contribution in [3.05, 3.63) is 35.4 Å². The van der Waals surface area contributed by atoms with Crippen LogP contribution >= 0.6 is 0 Å². The van der Waals surface area contributed by atoms with E-state index in [2.05, 4.69) is 0 Å². The fraction of sp³-hybridized carbons (Fsp3) is 0.250. The molecule has 0 aliphatic rings. The topological polar surface area (TPSA) is 46.5 Å². The third kappa shape index (κ3) is 3.13. The van der Waals surface area contributed by atoms with Crippen LogP contribution in [0, 0.1) is 0 Å². The highest BCUT2D eigenvalue weighted by molar-refractivity contribution is 5.85. The second-order valence-corrected chi connectivity index (χ2v) is 3.09. The van der Waals surface area contributed by atoms with E-state index in [4.69, 9.17) is 9.84 Å². The van der Waals surface area contributed by atoms with Gasteiger partial charge in [-0.15, -0.1) is 0 Å². The highest BCUT2D eigenvalue weighted by atomic mass is 16.5. The van der Waals surface area contributed by atoms with Gasteiger partial charge in [-0.25, -0.2) is 4.79 Å². The van der Waals surface area contributed by atoms with Crippen LogP contribution < -0.4 is 4.74 Å². The molecule has 0 aromatic heterocycles. The van der Waals surface area contributed by atoms with Crippen molar-refractivity contribution in [3.8, 4) is 5.75 Å². The highest BCUT2D eigenvalue weighted by Gasteiger charge is 2.00. The molecule has 0 aliphatic heterocycles. The maximum atomic E-state index is 10.4. The van der Waals surface area contributed by atoms with Gasteiger partial charge >= 0.3 is 5.97 Å². The van der Waals surface area contributed by atoms with Gasteiger partial charge in [-0.05, 0) is 35.8 Å². The Morgan fingerprint density at radius 2 is 2.27 bits per heavy atom. The first-order valence-corrected chi connectivity index (χ1v) is 4.75. The van der Waals surface area contributed by atoms with Crippen molar-refractivity contribution in [3.63, 3.8) is 0 Å². The summed E-state index contributed by atoms with van der Waals surface area (Å²) in [7, 11) is 1.61. The molecular formula is C12H14O3. The fourth-order valence-electron chi connectivity index (χ4n) is 1.34. The number of ether oxygens (including phenoxy) is 1. The average molecular weight is 206 g/mol. The summed E-state index contributed by atoms with van der Waals surface area (Å²) in [6.45, 7) is 2.02. The van der Waals surface area contributed by atoms with Gasteiger partial charge in [0.05, 0.1) is 7.11 Å². The largest absolute Gasteiger partial charge is 0.497 e. The summed E-state index contributed by atoms with van der Waals surface area (Å²) >= 11 is 0. The molecule has 0 saturated carbocycles. The SMILES string of the molecule is CCc1cc(OC)ccc1/C=C/C(=O)O. The summed E-state index contributed by atoms with van der Waals surface area (Å²) in [5.74, 6) is -0.146. The maximum Gasteiger partial charge on any atom is 0.328 e. The molecule has 1 rings (SSSR count). The lowest BCUT2D eigenvalue weighted by atomic mass is 10.0. The van der Waals surface area contributed by atoms with Crippen LogP contribution in [0.1, 0.15) is 18.1 Å². The fourth-order valence-corrected chi connectivity index (χ4v) is 1.34. The van der Waals surface area contributed by atoms with Crippen LogP contribution in [-0.4, -0.2) is 18.2 Å². The third-order valence-corrected chi connectivity index (χ3v) is 2.14. The molecule has 0 bridgehead atoms. The summed E-state index contributed by atoms with van der Waals surface area (Å²) in [6.07, 6.45) is 3.58. The molecule has 3 heteroatoms. The molecular weight excluding hydrogens is 192 g/mol. The van der Waals surface area contributed by atoms with Gasteiger partial charge in [0.1, 0.15) is 5.75 Å². The Labute approximate surface area is 89.0 Å². The predicted molar refractivity (Wildman–Crippen MR) is 59.0 cm³/mol. The van der Waals surface area contributed by atoms with Crippen LogP contribution in [0.4, 0.5) is 0 Å². The number of carboxylic acid groups (broad SMARTS) is 1. The Morgan fingerprint density at radius 1 is 1.53 bits per heavy atom. The van der Waals surface area contributed by atoms with E-state index in [1.165, 1.54) is 0 Å². The summed E-state index contributed by atoms with van der Waals surface area (Å²) in [6, 6.07) is 5.60. The monoisotopic (exact) mass is 206 g/mol. The number of hydrogen-bond acceptors (Lipinski definition) is 2. The van der Waals surface area contributed by atoms with E-state index in [0.29, 0.717) is 0 Å². The number of benzene rings is 1. The van der Waals surface area contributed by atoms with E-state index in [-0.39, 0.29) is 0 Å². The molecule has 0 radical (unpaired) electrons. The molecule has 0 heterocycles. The molecule has 0 saturated heterocycles. The number of aryl methyl sites for hydroxylation is 1. The number of hydrogen-bond donors (Lipinski definition) is 1. The zero-order valence-corrected chi connectivity index (χ0v) is 8.86. The summed E-state index contributed by atoms with van der Waals surface area (Å²) in [4.78, 5) is 10.4. The molecule has 3 nitrogen and oxygen atoms in total. The lowest BCUT2D eigenvalue weighted by Gasteiger charge is -2.06. The Kier molecular flexibility index (Phi) is 3.92. The number of carboxylic acids is 1. The summed E-state index contributed by atoms with van der Waals surface area (Å²) in [5.41, 5.74) is 1.99. The van der Waals surface area contributed by atoms with Gasteiger partial charge in [-0.3, -0.25) is 0 Å². The van der Waals surface area contributed by atoms with E-state index < -0.39 is 5.97 Å². The van der Waals surface area contributed by atoms with Crippen LogP contribution in [0.5, 0.6) is 5.75 Å². The smallest absolute Gasteiger partial charge is 0.328 e. The molecule has 0 amide bonds. The first-order chi connectivity index (χ1) is 7.17. The van der Waals surface area contributed by atoms with Gasteiger partial charge < -0.3 is 9.84 Å². The lowest BCUT2D eigenvalue weighted by Crippen LogP contribution is -1.91. The Morgan fingerprint density at radius 3 is 2.80 bits per heavy atom. The van der Waals surface area contributed by atoms with E-state index in [0.717, 1.165) is 29.4 Å². The Bertz CT molecular complexity index is 380. The number of carbonyl (C=O) groups is 1. The average Bonchev–Trinajstić information content (AvgIpc) is 2.25. The van der Waals surface area contributed by atoms with Gasteiger partial charge in [0.2, 0.25) is 0 Å². The predicted octanol–water partition coefficient (Wildman–Crippen LogP) is 2.36.